The first-order valence-electron chi connectivity index (χ1n) is 10.0. The molecule has 0 aromatic heterocycles. The van der Waals surface area contributed by atoms with Crippen molar-refractivity contribution in [2.45, 2.75) is 38.5 Å². The lowest BCUT2D eigenvalue weighted by atomic mass is 9.67. The number of fused-ring (bicyclic) bond motifs is 1. The summed E-state index contributed by atoms with van der Waals surface area (Å²) in [7, 11) is 0. The average Bonchev–Trinajstić information content (AvgIpc) is 3.13. The highest BCUT2D eigenvalue weighted by molar-refractivity contribution is 5.93. The highest BCUT2D eigenvalue weighted by Crippen LogP contribution is 2.45. The fourth-order valence-corrected chi connectivity index (χ4v) is 5.12. The largest absolute Gasteiger partial charge is 0.341 e. The zero-order valence-corrected chi connectivity index (χ0v) is 15.4. The van der Waals surface area contributed by atoms with E-state index in [-0.39, 0.29) is 17.2 Å². The van der Waals surface area contributed by atoms with Crippen LogP contribution in [0, 0.1) is 17.3 Å². The van der Waals surface area contributed by atoms with E-state index < -0.39 is 0 Å². The zero-order chi connectivity index (χ0) is 18.0. The lowest BCUT2D eigenvalue weighted by Gasteiger charge is -2.43. The Hall–Kier alpha value is -1.88. The van der Waals surface area contributed by atoms with Crippen LogP contribution in [0.3, 0.4) is 0 Å². The molecule has 4 rings (SSSR count). The van der Waals surface area contributed by atoms with E-state index in [1.807, 2.05) is 35.2 Å². The molecular formula is C21H29N3O2. The Morgan fingerprint density at radius 2 is 1.96 bits per heavy atom. The summed E-state index contributed by atoms with van der Waals surface area (Å²) in [5, 5.41) is 6.47. The van der Waals surface area contributed by atoms with Gasteiger partial charge in [-0.15, -0.1) is 0 Å². The van der Waals surface area contributed by atoms with Gasteiger partial charge >= 0.3 is 0 Å². The Labute approximate surface area is 155 Å². The number of hydrogen-bond acceptors (Lipinski definition) is 3. The lowest BCUT2D eigenvalue weighted by Crippen LogP contribution is -2.53. The van der Waals surface area contributed by atoms with Gasteiger partial charge in [-0.3, -0.25) is 9.59 Å². The van der Waals surface area contributed by atoms with Crippen LogP contribution < -0.4 is 10.6 Å². The van der Waals surface area contributed by atoms with E-state index in [1.165, 1.54) is 6.42 Å². The number of benzene rings is 1. The van der Waals surface area contributed by atoms with E-state index in [4.69, 9.17) is 0 Å². The summed E-state index contributed by atoms with van der Waals surface area (Å²) in [5.74, 6) is 0.698. The van der Waals surface area contributed by atoms with Crippen LogP contribution in [0.1, 0.15) is 38.5 Å². The lowest BCUT2D eigenvalue weighted by molar-refractivity contribution is -0.148. The molecule has 2 N–H and O–H groups in total. The molecule has 3 fully saturated rings. The minimum atomic E-state index is -0.212. The minimum Gasteiger partial charge on any atom is -0.341 e. The fraction of sp³-hybridized carbons (Fsp3) is 0.619. The van der Waals surface area contributed by atoms with Gasteiger partial charge in [-0.25, -0.2) is 0 Å². The van der Waals surface area contributed by atoms with Crippen molar-refractivity contribution in [1.82, 2.24) is 10.2 Å². The van der Waals surface area contributed by atoms with Crippen LogP contribution in [0.25, 0.3) is 0 Å². The van der Waals surface area contributed by atoms with Gasteiger partial charge in [0.15, 0.2) is 0 Å². The first kappa shape index (κ1) is 17.5. The van der Waals surface area contributed by atoms with E-state index >= 15 is 0 Å². The van der Waals surface area contributed by atoms with Crippen molar-refractivity contribution in [2.75, 3.05) is 31.5 Å². The van der Waals surface area contributed by atoms with Gasteiger partial charge in [-0.1, -0.05) is 31.0 Å². The summed E-state index contributed by atoms with van der Waals surface area (Å²) < 4.78 is 0. The second kappa shape index (κ2) is 7.39. The minimum absolute atomic E-state index is 0.0379. The smallest absolute Gasteiger partial charge is 0.230 e. The van der Waals surface area contributed by atoms with Crippen LogP contribution in [-0.2, 0) is 9.59 Å². The molecule has 2 aliphatic heterocycles. The first-order valence-corrected chi connectivity index (χ1v) is 10.0. The van der Waals surface area contributed by atoms with Crippen molar-refractivity contribution in [3.8, 4) is 0 Å². The van der Waals surface area contributed by atoms with Crippen LogP contribution in [-0.4, -0.2) is 42.9 Å². The highest BCUT2D eigenvalue weighted by Gasteiger charge is 2.51. The van der Waals surface area contributed by atoms with Crippen molar-refractivity contribution in [3.05, 3.63) is 30.3 Å². The third kappa shape index (κ3) is 3.25. The first-order chi connectivity index (χ1) is 12.7. The Morgan fingerprint density at radius 3 is 2.81 bits per heavy atom. The van der Waals surface area contributed by atoms with Crippen molar-refractivity contribution >= 4 is 17.5 Å². The standard InChI is InChI=1S/C21H29N3O2/c25-19(23-18-9-2-1-3-10-18)16-7-6-12-24(14-16)20(26)21-11-5-4-8-17(21)13-22-15-21/h1-3,9-10,16-17,22H,4-8,11-15H2,(H,23,25)/t16?,17-,21+/m0/s1. The van der Waals surface area contributed by atoms with E-state index in [1.54, 1.807) is 0 Å². The number of nitrogens with one attached hydrogen (secondary N) is 2. The number of likely N-dealkylation sites (tertiary alicyclic amines) is 1. The van der Waals surface area contributed by atoms with E-state index in [9.17, 15) is 9.59 Å². The van der Waals surface area contributed by atoms with Crippen LogP contribution in [0.5, 0.6) is 0 Å². The molecule has 3 aliphatic rings. The molecule has 5 nitrogen and oxygen atoms in total. The Kier molecular flexibility index (Phi) is 4.98. The number of para-hydroxylation sites is 1. The molecule has 2 heterocycles. The van der Waals surface area contributed by atoms with Crippen LogP contribution >= 0.6 is 0 Å². The van der Waals surface area contributed by atoms with E-state index in [0.717, 1.165) is 57.4 Å². The number of anilines is 1. The summed E-state index contributed by atoms with van der Waals surface area (Å²) >= 11 is 0. The Balaban J connectivity index is 1.43. The summed E-state index contributed by atoms with van der Waals surface area (Å²) in [6, 6.07) is 9.58. The van der Waals surface area contributed by atoms with Gasteiger partial charge in [-0.05, 0) is 50.3 Å². The molecule has 1 aromatic carbocycles. The molecule has 0 bridgehead atoms. The summed E-state index contributed by atoms with van der Waals surface area (Å²) in [6.45, 7) is 3.14. The molecule has 140 valence electrons. The summed E-state index contributed by atoms with van der Waals surface area (Å²) in [4.78, 5) is 28.1. The van der Waals surface area contributed by atoms with Crippen molar-refractivity contribution in [1.29, 1.82) is 0 Å². The third-order valence-electron chi connectivity index (χ3n) is 6.58. The number of nitrogens with zero attached hydrogens (tertiary/aromatic N) is 1. The Morgan fingerprint density at radius 1 is 1.12 bits per heavy atom. The number of carbonyl (C=O) groups is 2. The quantitative estimate of drug-likeness (QED) is 0.876. The fourth-order valence-electron chi connectivity index (χ4n) is 5.12. The van der Waals surface area contributed by atoms with E-state index in [2.05, 4.69) is 10.6 Å². The van der Waals surface area contributed by atoms with Crippen molar-refractivity contribution in [2.24, 2.45) is 17.3 Å². The molecule has 26 heavy (non-hydrogen) atoms. The third-order valence-corrected chi connectivity index (χ3v) is 6.58. The Bertz CT molecular complexity index is 662. The second-order valence-electron chi connectivity index (χ2n) is 8.18. The van der Waals surface area contributed by atoms with Crippen LogP contribution in [0.4, 0.5) is 5.69 Å². The maximum atomic E-state index is 13.4. The number of hydrogen-bond donors (Lipinski definition) is 2. The number of rotatable bonds is 3. The monoisotopic (exact) mass is 355 g/mol. The highest BCUT2D eigenvalue weighted by atomic mass is 16.2. The number of carbonyl (C=O) groups excluding carboxylic acids is 2. The average molecular weight is 355 g/mol. The van der Waals surface area contributed by atoms with Gasteiger partial charge in [0.05, 0.1) is 11.3 Å². The number of piperidine rings is 1. The molecule has 0 radical (unpaired) electrons. The van der Waals surface area contributed by atoms with Crippen LogP contribution in [0.2, 0.25) is 0 Å². The molecule has 1 aliphatic carbocycles. The maximum absolute atomic E-state index is 13.4. The predicted molar refractivity (Wildman–Crippen MR) is 102 cm³/mol. The molecule has 3 atom stereocenters. The van der Waals surface area contributed by atoms with Crippen molar-refractivity contribution in [3.63, 3.8) is 0 Å². The topological polar surface area (TPSA) is 61.4 Å². The molecule has 5 heteroatoms. The maximum Gasteiger partial charge on any atom is 0.230 e. The predicted octanol–water partition coefficient (Wildman–Crippen LogP) is 2.64. The van der Waals surface area contributed by atoms with Gasteiger partial charge in [0.1, 0.15) is 0 Å². The molecule has 1 aromatic rings. The normalized spacial score (nSPS) is 31.3. The molecule has 2 amide bonds. The zero-order valence-electron chi connectivity index (χ0n) is 15.4. The SMILES string of the molecule is O=C(Nc1ccccc1)C1CCCN(C(=O)[C@@]23CCCC[C@H]2CNC3)C1. The van der Waals surface area contributed by atoms with E-state index in [0.29, 0.717) is 18.4 Å². The van der Waals surface area contributed by atoms with Gasteiger partial charge in [0, 0.05) is 25.3 Å². The second-order valence-corrected chi connectivity index (χ2v) is 8.18. The summed E-state index contributed by atoms with van der Waals surface area (Å²) in [6.07, 6.45) is 6.31. The summed E-state index contributed by atoms with van der Waals surface area (Å²) in [5.41, 5.74) is 0.614. The molecule has 2 saturated heterocycles. The molecule has 1 unspecified atom stereocenters. The van der Waals surface area contributed by atoms with Crippen molar-refractivity contribution < 1.29 is 9.59 Å². The molecule has 0 spiro atoms. The van der Waals surface area contributed by atoms with Gasteiger partial charge < -0.3 is 15.5 Å². The van der Waals surface area contributed by atoms with Crippen LogP contribution in [0.15, 0.2) is 30.3 Å². The van der Waals surface area contributed by atoms with Gasteiger partial charge in [0.25, 0.3) is 0 Å². The van der Waals surface area contributed by atoms with Gasteiger partial charge in [-0.2, -0.15) is 0 Å². The molecule has 1 saturated carbocycles. The van der Waals surface area contributed by atoms with Gasteiger partial charge in [0.2, 0.25) is 11.8 Å². The number of amides is 2. The molecular weight excluding hydrogens is 326 g/mol.